The smallest absolute Gasteiger partial charge is 0.212 e. The molecule has 13 heavy (non-hydrogen) atoms. The minimum atomic E-state index is -0.178. The number of carbonyl (C=O) groups excluding carboxylic acids is 1. The number of hydrogen-bond donors (Lipinski definition) is 0. The number of ether oxygens (including phenoxy) is 1. The van der Waals surface area contributed by atoms with Crippen LogP contribution in [0.25, 0.3) is 0 Å². The summed E-state index contributed by atoms with van der Waals surface area (Å²) < 4.78 is 4.88. The van der Waals surface area contributed by atoms with Crippen molar-refractivity contribution in [1.29, 1.82) is 0 Å². The second-order valence-corrected chi connectivity index (χ2v) is 3.94. The van der Waals surface area contributed by atoms with Crippen LogP contribution in [-0.2, 0) is 0 Å². The maximum atomic E-state index is 11.4. The van der Waals surface area contributed by atoms with Gasteiger partial charge in [0.1, 0.15) is 0 Å². The number of halogens is 1. The lowest BCUT2D eigenvalue weighted by Crippen LogP contribution is -2.10. The topological polar surface area (TPSA) is 39.2 Å². The van der Waals surface area contributed by atoms with E-state index in [4.69, 9.17) is 4.74 Å². The zero-order valence-corrected chi connectivity index (χ0v) is 9.04. The van der Waals surface area contributed by atoms with E-state index in [-0.39, 0.29) is 10.6 Å². The van der Waals surface area contributed by atoms with Crippen molar-refractivity contribution in [1.82, 2.24) is 4.98 Å². The Labute approximate surface area is 85.3 Å². The number of alkyl halides is 1. The Kier molecular flexibility index (Phi) is 3.42. The Morgan fingerprint density at radius 2 is 2.31 bits per heavy atom. The monoisotopic (exact) mass is 243 g/mol. The van der Waals surface area contributed by atoms with Crippen LogP contribution >= 0.6 is 15.9 Å². The van der Waals surface area contributed by atoms with Gasteiger partial charge in [-0.25, -0.2) is 4.98 Å². The molecule has 0 aliphatic heterocycles. The van der Waals surface area contributed by atoms with Gasteiger partial charge in [-0.15, -0.1) is 0 Å². The number of pyridine rings is 1. The van der Waals surface area contributed by atoms with Crippen LogP contribution in [0.2, 0.25) is 0 Å². The van der Waals surface area contributed by atoms with Crippen molar-refractivity contribution in [2.24, 2.45) is 0 Å². The van der Waals surface area contributed by atoms with Crippen molar-refractivity contribution in [3.63, 3.8) is 0 Å². The normalized spacial score (nSPS) is 12.2. The van der Waals surface area contributed by atoms with Gasteiger partial charge >= 0.3 is 0 Å². The quantitative estimate of drug-likeness (QED) is 0.603. The lowest BCUT2D eigenvalue weighted by Gasteiger charge is -2.02. The third-order valence-electron chi connectivity index (χ3n) is 1.59. The van der Waals surface area contributed by atoms with E-state index in [9.17, 15) is 4.79 Å². The predicted octanol–water partition coefficient (Wildman–Crippen LogP) is 2.06. The minimum Gasteiger partial charge on any atom is -0.481 e. The Balaban J connectivity index is 2.86. The molecule has 1 heterocycles. The molecule has 0 saturated carbocycles. The number of ketones is 1. The first-order chi connectivity index (χ1) is 6.15. The van der Waals surface area contributed by atoms with E-state index >= 15 is 0 Å². The second kappa shape index (κ2) is 4.37. The Hall–Kier alpha value is -0.900. The van der Waals surface area contributed by atoms with Crippen LogP contribution in [0.1, 0.15) is 17.3 Å². The molecule has 0 amide bonds. The molecule has 0 fully saturated rings. The average molecular weight is 244 g/mol. The number of Topliss-reactive ketones (excluding diaryl/α,β-unsaturated/α-hetero) is 1. The number of rotatable bonds is 3. The van der Waals surface area contributed by atoms with Gasteiger partial charge in [0.25, 0.3) is 0 Å². The maximum absolute atomic E-state index is 11.4. The van der Waals surface area contributed by atoms with Crippen molar-refractivity contribution < 1.29 is 9.53 Å². The zero-order chi connectivity index (χ0) is 9.84. The van der Waals surface area contributed by atoms with Gasteiger partial charge in [0.2, 0.25) is 5.88 Å². The molecule has 1 aromatic rings. The van der Waals surface area contributed by atoms with E-state index in [1.54, 1.807) is 19.1 Å². The van der Waals surface area contributed by atoms with Gasteiger partial charge in [0.15, 0.2) is 5.78 Å². The number of carbonyl (C=O) groups is 1. The lowest BCUT2D eigenvalue weighted by atomic mass is 10.1. The molecule has 0 spiro atoms. The predicted molar refractivity (Wildman–Crippen MR) is 53.5 cm³/mol. The highest BCUT2D eigenvalue weighted by molar-refractivity contribution is 9.10. The number of aromatic nitrogens is 1. The second-order valence-electron chi connectivity index (χ2n) is 2.57. The highest BCUT2D eigenvalue weighted by Crippen LogP contribution is 2.11. The molecule has 4 heteroatoms. The third kappa shape index (κ3) is 2.52. The summed E-state index contributed by atoms with van der Waals surface area (Å²) in [6.07, 6.45) is 1.51. The van der Waals surface area contributed by atoms with Crippen LogP contribution in [0.3, 0.4) is 0 Å². The number of methoxy groups -OCH3 is 1. The van der Waals surface area contributed by atoms with Gasteiger partial charge in [-0.05, 0) is 13.0 Å². The summed E-state index contributed by atoms with van der Waals surface area (Å²) in [6.45, 7) is 1.78. The summed E-state index contributed by atoms with van der Waals surface area (Å²) >= 11 is 3.20. The molecule has 3 nitrogen and oxygen atoms in total. The first-order valence-electron chi connectivity index (χ1n) is 3.83. The van der Waals surface area contributed by atoms with Crippen molar-refractivity contribution >= 4 is 21.7 Å². The van der Waals surface area contributed by atoms with Crippen molar-refractivity contribution in [3.8, 4) is 5.88 Å². The van der Waals surface area contributed by atoms with Crippen molar-refractivity contribution in [3.05, 3.63) is 23.9 Å². The minimum absolute atomic E-state index is 0.0233. The molecule has 0 saturated heterocycles. The summed E-state index contributed by atoms with van der Waals surface area (Å²) in [5.41, 5.74) is 0.588. The highest BCUT2D eigenvalue weighted by Gasteiger charge is 2.11. The fourth-order valence-electron chi connectivity index (χ4n) is 0.876. The van der Waals surface area contributed by atoms with E-state index in [2.05, 4.69) is 20.9 Å². The maximum Gasteiger partial charge on any atom is 0.212 e. The molecule has 1 rings (SSSR count). The molecule has 0 N–H and O–H groups in total. The molecule has 0 aromatic carbocycles. The largest absolute Gasteiger partial charge is 0.481 e. The summed E-state index contributed by atoms with van der Waals surface area (Å²) in [5, 5.41) is 0. The van der Waals surface area contributed by atoms with E-state index < -0.39 is 0 Å². The van der Waals surface area contributed by atoms with Crippen LogP contribution in [0.5, 0.6) is 5.88 Å². The molecule has 1 aromatic heterocycles. The highest BCUT2D eigenvalue weighted by atomic mass is 79.9. The Bertz CT molecular complexity index is 295. The van der Waals surface area contributed by atoms with Gasteiger partial charge in [-0.3, -0.25) is 4.79 Å². The molecule has 0 aliphatic carbocycles. The fraction of sp³-hybridized carbons (Fsp3) is 0.333. The summed E-state index contributed by atoms with van der Waals surface area (Å²) in [6, 6.07) is 3.37. The van der Waals surface area contributed by atoms with Gasteiger partial charge in [0.05, 0.1) is 11.9 Å². The summed E-state index contributed by atoms with van der Waals surface area (Å²) in [7, 11) is 1.54. The molecule has 0 bridgehead atoms. The first kappa shape index (κ1) is 10.2. The van der Waals surface area contributed by atoms with Crippen LogP contribution in [-0.4, -0.2) is 22.7 Å². The molecular weight excluding hydrogens is 234 g/mol. The van der Waals surface area contributed by atoms with E-state index in [1.807, 2.05) is 0 Å². The van der Waals surface area contributed by atoms with E-state index in [0.29, 0.717) is 11.4 Å². The van der Waals surface area contributed by atoms with Crippen LogP contribution in [0.4, 0.5) is 0 Å². The molecule has 1 unspecified atom stereocenters. The Morgan fingerprint density at radius 1 is 1.62 bits per heavy atom. The van der Waals surface area contributed by atoms with Crippen LogP contribution < -0.4 is 4.74 Å². The molecule has 1 atom stereocenters. The molecule has 70 valence electrons. The molecule has 0 radical (unpaired) electrons. The number of hydrogen-bond acceptors (Lipinski definition) is 3. The first-order valence-corrected chi connectivity index (χ1v) is 4.75. The van der Waals surface area contributed by atoms with Gasteiger partial charge in [0, 0.05) is 17.8 Å². The van der Waals surface area contributed by atoms with E-state index in [0.717, 1.165) is 0 Å². The standard InChI is InChI=1S/C9H10BrNO2/c1-6(10)9(12)7-3-4-8(13-2)11-5-7/h3-6H,1-2H3. The Morgan fingerprint density at radius 3 is 2.69 bits per heavy atom. The summed E-state index contributed by atoms with van der Waals surface area (Å²) in [4.78, 5) is 15.2. The van der Waals surface area contributed by atoms with Gasteiger partial charge < -0.3 is 4.74 Å². The fourth-order valence-corrected chi connectivity index (χ4v) is 1.14. The van der Waals surface area contributed by atoms with Crippen molar-refractivity contribution in [2.45, 2.75) is 11.8 Å². The average Bonchev–Trinajstić information content (AvgIpc) is 2.17. The van der Waals surface area contributed by atoms with Crippen LogP contribution in [0, 0.1) is 0 Å². The SMILES string of the molecule is COc1ccc(C(=O)C(C)Br)cn1. The van der Waals surface area contributed by atoms with E-state index in [1.165, 1.54) is 13.3 Å². The lowest BCUT2D eigenvalue weighted by molar-refractivity contribution is 0.0995. The molecular formula is C9H10BrNO2. The van der Waals surface area contributed by atoms with Crippen LogP contribution in [0.15, 0.2) is 18.3 Å². The van der Waals surface area contributed by atoms with Crippen molar-refractivity contribution in [2.75, 3.05) is 7.11 Å². The number of nitrogens with zero attached hydrogens (tertiary/aromatic N) is 1. The third-order valence-corrected chi connectivity index (χ3v) is 2.01. The van der Waals surface area contributed by atoms with Gasteiger partial charge in [-0.2, -0.15) is 0 Å². The van der Waals surface area contributed by atoms with Gasteiger partial charge in [-0.1, -0.05) is 15.9 Å². The molecule has 0 aliphatic rings. The summed E-state index contributed by atoms with van der Waals surface area (Å²) in [5.74, 6) is 0.536. The zero-order valence-electron chi connectivity index (χ0n) is 7.45.